The van der Waals surface area contributed by atoms with Gasteiger partial charge in [0.25, 0.3) is 5.91 Å². The van der Waals surface area contributed by atoms with Crippen LogP contribution < -0.4 is 11.5 Å². The zero-order chi connectivity index (χ0) is 22.2. The first-order valence-electron chi connectivity index (χ1n) is 10.0. The van der Waals surface area contributed by atoms with Gasteiger partial charge in [-0.2, -0.15) is 5.26 Å². The van der Waals surface area contributed by atoms with E-state index in [-0.39, 0.29) is 29.4 Å². The molecule has 7 heteroatoms. The third kappa shape index (κ3) is 3.59. The molecule has 3 rings (SSSR count). The average Bonchev–Trinajstić information content (AvgIpc) is 3.02. The minimum atomic E-state index is -0.134. The Morgan fingerprint density at radius 3 is 2.27 bits per heavy atom. The summed E-state index contributed by atoms with van der Waals surface area (Å²) in [7, 11) is 0. The first kappa shape index (κ1) is 21.6. The normalized spacial score (nSPS) is 11.3. The van der Waals surface area contributed by atoms with Gasteiger partial charge >= 0.3 is 0 Å². The molecule has 0 bridgehead atoms. The van der Waals surface area contributed by atoms with E-state index in [0.717, 1.165) is 12.0 Å². The van der Waals surface area contributed by atoms with Crippen molar-refractivity contribution in [1.29, 1.82) is 5.26 Å². The molecule has 0 atom stereocenters. The second kappa shape index (κ2) is 8.33. The van der Waals surface area contributed by atoms with Gasteiger partial charge < -0.3 is 16.4 Å². The molecule has 4 N–H and O–H groups in total. The number of benzene rings is 1. The highest BCUT2D eigenvalue weighted by atomic mass is 32.1. The summed E-state index contributed by atoms with van der Waals surface area (Å²) in [6.45, 7) is 10.00. The molecule has 0 saturated heterocycles. The lowest BCUT2D eigenvalue weighted by molar-refractivity contribution is 0.0650. The summed E-state index contributed by atoms with van der Waals surface area (Å²) in [4.78, 5) is 20.5. The van der Waals surface area contributed by atoms with E-state index in [4.69, 9.17) is 11.5 Å². The third-order valence-electron chi connectivity index (χ3n) is 5.21. The standard InChI is InChI=1S/C23H27N5OS/c1-6-14-7-9-15(10-8-14)17-16(11-24)21(26)27-22-18(17)19(25)20(30-22)23(29)28(12(2)3)13(4)5/h7-10,12-13H,6,25H2,1-5H3,(H2,26,27). The van der Waals surface area contributed by atoms with E-state index in [1.54, 1.807) is 4.90 Å². The fraction of sp³-hybridized carbons (Fsp3) is 0.348. The fourth-order valence-electron chi connectivity index (χ4n) is 3.82. The molecule has 0 unspecified atom stereocenters. The number of hydrogen-bond acceptors (Lipinski definition) is 6. The Labute approximate surface area is 181 Å². The largest absolute Gasteiger partial charge is 0.397 e. The SMILES string of the molecule is CCc1ccc(-c2c(C#N)c(N)nc3sc(C(=O)N(C(C)C)C(C)C)c(N)c23)cc1. The Kier molecular flexibility index (Phi) is 5.99. The maximum Gasteiger partial charge on any atom is 0.266 e. The maximum absolute atomic E-state index is 13.3. The van der Waals surface area contributed by atoms with Gasteiger partial charge in [0.2, 0.25) is 0 Å². The van der Waals surface area contributed by atoms with Gasteiger partial charge in [0.15, 0.2) is 0 Å². The van der Waals surface area contributed by atoms with Gasteiger partial charge in [-0.25, -0.2) is 4.98 Å². The first-order valence-corrected chi connectivity index (χ1v) is 10.9. The van der Waals surface area contributed by atoms with Crippen LogP contribution in [0.4, 0.5) is 11.5 Å². The molecule has 0 spiro atoms. The topological polar surface area (TPSA) is 109 Å². The summed E-state index contributed by atoms with van der Waals surface area (Å²) >= 11 is 1.23. The van der Waals surface area contributed by atoms with Gasteiger partial charge in [-0.15, -0.1) is 11.3 Å². The Bertz CT molecular complexity index is 1130. The number of carbonyl (C=O) groups excluding carboxylic acids is 1. The summed E-state index contributed by atoms with van der Waals surface area (Å²) in [6.07, 6.45) is 0.915. The van der Waals surface area contributed by atoms with E-state index in [1.165, 1.54) is 16.9 Å². The molecule has 0 saturated carbocycles. The number of carbonyl (C=O) groups is 1. The highest BCUT2D eigenvalue weighted by molar-refractivity contribution is 7.21. The maximum atomic E-state index is 13.3. The number of amides is 1. The van der Waals surface area contributed by atoms with Crippen molar-refractivity contribution >= 4 is 39.0 Å². The van der Waals surface area contributed by atoms with Gasteiger partial charge in [0.05, 0.1) is 5.69 Å². The number of hydrogen-bond donors (Lipinski definition) is 2. The van der Waals surface area contributed by atoms with Crippen molar-refractivity contribution in [2.75, 3.05) is 11.5 Å². The van der Waals surface area contributed by atoms with Crippen molar-refractivity contribution in [3.05, 3.63) is 40.3 Å². The lowest BCUT2D eigenvalue weighted by Gasteiger charge is -2.30. The van der Waals surface area contributed by atoms with Crippen molar-refractivity contribution in [1.82, 2.24) is 9.88 Å². The second-order valence-corrected chi connectivity index (χ2v) is 8.83. The molecule has 1 aromatic carbocycles. The van der Waals surface area contributed by atoms with Gasteiger partial charge in [-0.1, -0.05) is 31.2 Å². The number of aryl methyl sites for hydroxylation is 1. The molecule has 0 aliphatic heterocycles. The Balaban J connectivity index is 2.31. The number of nitrogen functional groups attached to an aromatic ring is 2. The number of rotatable bonds is 5. The van der Waals surface area contributed by atoms with E-state index in [9.17, 15) is 10.1 Å². The van der Waals surface area contributed by atoms with E-state index < -0.39 is 0 Å². The van der Waals surface area contributed by atoms with Gasteiger partial charge in [0, 0.05) is 23.0 Å². The van der Waals surface area contributed by atoms with Crippen molar-refractivity contribution in [3.63, 3.8) is 0 Å². The van der Waals surface area contributed by atoms with E-state index in [0.29, 0.717) is 26.3 Å². The van der Waals surface area contributed by atoms with Crippen LogP contribution in [0.5, 0.6) is 0 Å². The van der Waals surface area contributed by atoms with Gasteiger partial charge in [0.1, 0.15) is 27.2 Å². The molecular formula is C23H27N5OS. The summed E-state index contributed by atoms with van der Waals surface area (Å²) < 4.78 is 0. The lowest BCUT2D eigenvalue weighted by Crippen LogP contribution is -2.41. The van der Waals surface area contributed by atoms with E-state index in [1.807, 2.05) is 52.0 Å². The van der Waals surface area contributed by atoms with Crippen LogP contribution in [0.15, 0.2) is 24.3 Å². The van der Waals surface area contributed by atoms with Crippen LogP contribution in [0, 0.1) is 11.3 Å². The molecular weight excluding hydrogens is 394 g/mol. The molecule has 0 aliphatic carbocycles. The van der Waals surface area contributed by atoms with Crippen molar-refractivity contribution in [2.24, 2.45) is 0 Å². The zero-order valence-corrected chi connectivity index (χ0v) is 18.8. The molecule has 0 radical (unpaired) electrons. The van der Waals surface area contributed by atoms with E-state index >= 15 is 0 Å². The Morgan fingerprint density at radius 2 is 1.77 bits per heavy atom. The van der Waals surface area contributed by atoms with Crippen molar-refractivity contribution in [3.8, 4) is 17.2 Å². The van der Waals surface area contributed by atoms with Crippen LogP contribution in [0.1, 0.15) is 55.4 Å². The van der Waals surface area contributed by atoms with Crippen LogP contribution >= 0.6 is 11.3 Å². The fourth-order valence-corrected chi connectivity index (χ4v) is 4.88. The number of nitriles is 1. The summed E-state index contributed by atoms with van der Waals surface area (Å²) in [5, 5.41) is 10.4. The molecule has 30 heavy (non-hydrogen) atoms. The molecule has 2 aromatic heterocycles. The van der Waals surface area contributed by atoms with Crippen LogP contribution in [0.25, 0.3) is 21.3 Å². The number of fused-ring (bicyclic) bond motifs is 1. The van der Waals surface area contributed by atoms with Crippen LogP contribution in [-0.2, 0) is 6.42 Å². The second-order valence-electron chi connectivity index (χ2n) is 7.83. The lowest BCUT2D eigenvalue weighted by atomic mass is 9.96. The molecule has 1 amide bonds. The minimum absolute atomic E-state index is 0.0240. The van der Waals surface area contributed by atoms with Crippen molar-refractivity contribution in [2.45, 2.75) is 53.1 Å². The highest BCUT2D eigenvalue weighted by Gasteiger charge is 2.29. The molecule has 2 heterocycles. The number of pyridine rings is 1. The Morgan fingerprint density at radius 1 is 1.17 bits per heavy atom. The molecule has 0 fully saturated rings. The highest BCUT2D eigenvalue weighted by Crippen LogP contribution is 2.43. The van der Waals surface area contributed by atoms with Crippen LogP contribution in [0.2, 0.25) is 0 Å². The molecule has 3 aromatic rings. The average molecular weight is 422 g/mol. The number of thiophene rings is 1. The smallest absolute Gasteiger partial charge is 0.266 e. The minimum Gasteiger partial charge on any atom is -0.397 e. The summed E-state index contributed by atoms with van der Waals surface area (Å²) in [5.74, 6) is 0.00857. The number of aromatic nitrogens is 1. The van der Waals surface area contributed by atoms with Gasteiger partial charge in [-0.3, -0.25) is 4.79 Å². The summed E-state index contributed by atoms with van der Waals surface area (Å²) in [5.41, 5.74) is 15.9. The number of nitrogens with zero attached hydrogens (tertiary/aromatic N) is 3. The molecule has 156 valence electrons. The first-order chi connectivity index (χ1) is 14.2. The predicted molar refractivity (Wildman–Crippen MR) is 124 cm³/mol. The van der Waals surface area contributed by atoms with Crippen molar-refractivity contribution < 1.29 is 4.79 Å². The van der Waals surface area contributed by atoms with Gasteiger partial charge in [-0.05, 0) is 45.2 Å². The zero-order valence-electron chi connectivity index (χ0n) is 18.0. The van der Waals surface area contributed by atoms with Crippen LogP contribution in [-0.4, -0.2) is 27.9 Å². The molecule has 6 nitrogen and oxygen atoms in total. The number of anilines is 2. The quantitative estimate of drug-likeness (QED) is 0.614. The predicted octanol–water partition coefficient (Wildman–Crippen LogP) is 4.82. The Hall–Kier alpha value is -3.11. The third-order valence-corrected chi connectivity index (χ3v) is 6.30. The van der Waals surface area contributed by atoms with Crippen LogP contribution in [0.3, 0.4) is 0 Å². The monoisotopic (exact) mass is 421 g/mol. The molecule has 0 aliphatic rings. The summed E-state index contributed by atoms with van der Waals surface area (Å²) in [6, 6.07) is 10.2. The number of nitrogens with two attached hydrogens (primary N) is 2. The van der Waals surface area contributed by atoms with E-state index in [2.05, 4.69) is 18.0 Å².